The van der Waals surface area contributed by atoms with Crippen LogP contribution in [-0.4, -0.2) is 35.7 Å². The highest BCUT2D eigenvalue weighted by Gasteiger charge is 2.35. The molecule has 4 aromatic rings. The van der Waals surface area contributed by atoms with Gasteiger partial charge in [-0.25, -0.2) is 0 Å². The topological polar surface area (TPSA) is 84.9 Å². The lowest BCUT2D eigenvalue weighted by Crippen LogP contribution is -2.27. The number of rotatable bonds is 8. The molecule has 1 aliphatic rings. The number of ether oxygens (including phenoxy) is 2. The highest BCUT2D eigenvalue weighted by atomic mass is 32.2. The van der Waals surface area contributed by atoms with E-state index in [2.05, 4.69) is 5.32 Å². The van der Waals surface area contributed by atoms with Crippen LogP contribution >= 0.6 is 11.8 Å². The maximum absolute atomic E-state index is 13.1. The van der Waals surface area contributed by atoms with Gasteiger partial charge in [-0.05, 0) is 83.4 Å². The molecular weight excluding hydrogens is 524 g/mol. The lowest BCUT2D eigenvalue weighted by Gasteiger charge is -2.13. The fourth-order valence-corrected chi connectivity index (χ4v) is 5.32. The number of hydrogen-bond donors (Lipinski definition) is 1. The number of thioether (sulfide) groups is 1. The van der Waals surface area contributed by atoms with Gasteiger partial charge in [0.05, 0.1) is 18.6 Å². The molecule has 40 heavy (non-hydrogen) atoms. The minimum Gasteiger partial charge on any atom is -0.493 e. The average Bonchev–Trinajstić information content (AvgIpc) is 3.20. The van der Waals surface area contributed by atoms with Crippen molar-refractivity contribution < 1.29 is 23.9 Å². The van der Waals surface area contributed by atoms with Crippen LogP contribution in [0, 0.1) is 13.8 Å². The Hall–Kier alpha value is -4.56. The van der Waals surface area contributed by atoms with Gasteiger partial charge in [0.25, 0.3) is 17.1 Å². The van der Waals surface area contributed by atoms with Crippen molar-refractivity contribution in [3.8, 4) is 11.5 Å². The van der Waals surface area contributed by atoms with Crippen molar-refractivity contribution >= 4 is 51.4 Å². The summed E-state index contributed by atoms with van der Waals surface area (Å²) in [5.74, 6) is 0.159. The molecule has 0 spiro atoms. The van der Waals surface area contributed by atoms with Crippen molar-refractivity contribution in [3.05, 3.63) is 106 Å². The molecule has 0 aromatic heterocycles. The summed E-state index contributed by atoms with van der Waals surface area (Å²) in [5.41, 5.74) is 4.37. The summed E-state index contributed by atoms with van der Waals surface area (Å²) in [7, 11) is 1.50. The maximum atomic E-state index is 13.1. The van der Waals surface area contributed by atoms with E-state index >= 15 is 0 Å². The van der Waals surface area contributed by atoms with E-state index in [0.717, 1.165) is 44.9 Å². The molecule has 1 saturated heterocycles. The van der Waals surface area contributed by atoms with E-state index in [1.807, 2.05) is 74.5 Å². The standard InChI is InChI=1S/C32H28N2O5S/c1-20-8-12-26(21(2)14-20)33-30(35)19-39-27-13-10-22(16-28(27)38-3)17-29-31(36)34(32(37)40-29)18-23-9-11-24-6-4-5-7-25(24)15-23/h4-17H,18-19H2,1-3H3,(H,33,35)/b29-17-. The first-order chi connectivity index (χ1) is 19.3. The summed E-state index contributed by atoms with van der Waals surface area (Å²) < 4.78 is 11.2. The minimum absolute atomic E-state index is 0.198. The van der Waals surface area contributed by atoms with Gasteiger partial charge in [-0.2, -0.15) is 0 Å². The second kappa shape index (κ2) is 11.7. The first-order valence-electron chi connectivity index (χ1n) is 12.7. The summed E-state index contributed by atoms with van der Waals surface area (Å²) in [4.78, 5) is 39.8. The quantitative estimate of drug-likeness (QED) is 0.244. The smallest absolute Gasteiger partial charge is 0.293 e. The predicted molar refractivity (Wildman–Crippen MR) is 158 cm³/mol. The van der Waals surface area contributed by atoms with E-state index < -0.39 is 0 Å². The number of benzene rings is 4. The fraction of sp³-hybridized carbons (Fsp3) is 0.156. The van der Waals surface area contributed by atoms with Gasteiger partial charge in [0.2, 0.25) is 0 Å². The first kappa shape index (κ1) is 27.0. The van der Waals surface area contributed by atoms with Crippen LogP contribution in [0.2, 0.25) is 0 Å². The third-order valence-electron chi connectivity index (χ3n) is 6.53. The number of imide groups is 1. The van der Waals surface area contributed by atoms with E-state index in [0.29, 0.717) is 22.0 Å². The molecule has 3 amide bonds. The number of hydrogen-bond acceptors (Lipinski definition) is 6. The van der Waals surface area contributed by atoms with Gasteiger partial charge >= 0.3 is 0 Å². The fourth-order valence-electron chi connectivity index (χ4n) is 4.48. The Balaban J connectivity index is 1.25. The van der Waals surface area contributed by atoms with Gasteiger partial charge in [0, 0.05) is 5.69 Å². The van der Waals surface area contributed by atoms with Crippen LogP contribution < -0.4 is 14.8 Å². The summed E-state index contributed by atoms with van der Waals surface area (Å²) in [6.07, 6.45) is 1.66. The summed E-state index contributed by atoms with van der Waals surface area (Å²) >= 11 is 0.908. The van der Waals surface area contributed by atoms with Gasteiger partial charge in [-0.3, -0.25) is 19.3 Å². The Kier molecular flexibility index (Phi) is 7.89. The second-order valence-corrected chi connectivity index (χ2v) is 10.5. The SMILES string of the molecule is COc1cc(/C=C2\SC(=O)N(Cc3ccc4ccccc4c3)C2=O)ccc1OCC(=O)Nc1ccc(C)cc1C. The van der Waals surface area contributed by atoms with Crippen LogP contribution in [-0.2, 0) is 16.1 Å². The number of fused-ring (bicyclic) bond motifs is 1. The monoisotopic (exact) mass is 552 g/mol. The lowest BCUT2D eigenvalue weighted by molar-refractivity contribution is -0.123. The molecule has 0 aliphatic carbocycles. The van der Waals surface area contributed by atoms with Gasteiger partial charge in [0.1, 0.15) is 0 Å². The average molecular weight is 553 g/mol. The van der Waals surface area contributed by atoms with Crippen molar-refractivity contribution in [2.24, 2.45) is 0 Å². The summed E-state index contributed by atoms with van der Waals surface area (Å²) in [6, 6.07) is 24.8. The molecule has 8 heteroatoms. The molecule has 0 bridgehead atoms. The lowest BCUT2D eigenvalue weighted by atomic mass is 10.1. The largest absolute Gasteiger partial charge is 0.493 e. The normalized spacial score (nSPS) is 14.2. The van der Waals surface area contributed by atoms with Gasteiger partial charge in [0.15, 0.2) is 18.1 Å². The zero-order valence-electron chi connectivity index (χ0n) is 22.4. The molecule has 1 aliphatic heterocycles. The molecular formula is C32H28N2O5S. The molecule has 0 radical (unpaired) electrons. The van der Waals surface area contributed by atoms with Crippen molar-refractivity contribution in [1.29, 1.82) is 0 Å². The molecule has 1 heterocycles. The van der Waals surface area contributed by atoms with Gasteiger partial charge in [-0.1, -0.05) is 60.2 Å². The van der Waals surface area contributed by atoms with Crippen LogP contribution in [0.1, 0.15) is 22.3 Å². The molecule has 7 nitrogen and oxygen atoms in total. The van der Waals surface area contributed by atoms with Crippen LogP contribution in [0.4, 0.5) is 10.5 Å². The number of nitrogens with one attached hydrogen (secondary N) is 1. The summed E-state index contributed by atoms with van der Waals surface area (Å²) in [6.45, 7) is 3.93. The zero-order chi connectivity index (χ0) is 28.2. The Morgan fingerprint density at radius 1 is 0.925 bits per heavy atom. The van der Waals surface area contributed by atoms with Gasteiger partial charge < -0.3 is 14.8 Å². The molecule has 1 fully saturated rings. The predicted octanol–water partition coefficient (Wildman–Crippen LogP) is 6.72. The molecule has 5 rings (SSSR count). The van der Waals surface area contributed by atoms with Crippen molar-refractivity contribution in [2.45, 2.75) is 20.4 Å². The summed E-state index contributed by atoms with van der Waals surface area (Å²) in [5, 5.41) is 4.69. The molecule has 0 atom stereocenters. The third kappa shape index (κ3) is 6.02. The molecule has 4 aromatic carbocycles. The van der Waals surface area contributed by atoms with E-state index in [-0.39, 0.29) is 30.2 Å². The van der Waals surface area contributed by atoms with Crippen LogP contribution in [0.5, 0.6) is 11.5 Å². The zero-order valence-corrected chi connectivity index (χ0v) is 23.2. The number of carbonyl (C=O) groups is 3. The molecule has 202 valence electrons. The van der Waals surface area contributed by atoms with Crippen molar-refractivity contribution in [1.82, 2.24) is 4.90 Å². The third-order valence-corrected chi connectivity index (χ3v) is 7.44. The molecule has 0 unspecified atom stereocenters. The van der Waals surface area contributed by atoms with Crippen LogP contribution in [0.3, 0.4) is 0 Å². The second-order valence-electron chi connectivity index (χ2n) is 9.51. The van der Waals surface area contributed by atoms with Crippen LogP contribution in [0.25, 0.3) is 16.8 Å². The Morgan fingerprint density at radius 3 is 2.50 bits per heavy atom. The van der Waals surface area contributed by atoms with E-state index in [1.54, 1.807) is 24.3 Å². The highest BCUT2D eigenvalue weighted by molar-refractivity contribution is 8.18. The van der Waals surface area contributed by atoms with Crippen LogP contribution in [0.15, 0.2) is 83.8 Å². The number of amides is 3. The van der Waals surface area contributed by atoms with E-state index in [4.69, 9.17) is 9.47 Å². The number of aryl methyl sites for hydroxylation is 2. The highest BCUT2D eigenvalue weighted by Crippen LogP contribution is 2.35. The van der Waals surface area contributed by atoms with Crippen molar-refractivity contribution in [2.75, 3.05) is 19.0 Å². The minimum atomic E-state index is -0.342. The van der Waals surface area contributed by atoms with Crippen molar-refractivity contribution in [3.63, 3.8) is 0 Å². The number of nitrogens with zero attached hydrogens (tertiary/aromatic N) is 1. The number of carbonyl (C=O) groups excluding carboxylic acids is 3. The van der Waals surface area contributed by atoms with Gasteiger partial charge in [-0.15, -0.1) is 0 Å². The maximum Gasteiger partial charge on any atom is 0.293 e. The first-order valence-corrected chi connectivity index (χ1v) is 13.5. The Morgan fingerprint density at radius 2 is 1.73 bits per heavy atom. The number of anilines is 1. The van der Waals surface area contributed by atoms with E-state index in [9.17, 15) is 14.4 Å². The molecule has 1 N–H and O–H groups in total. The number of methoxy groups -OCH3 is 1. The van der Waals surface area contributed by atoms with E-state index in [1.165, 1.54) is 12.0 Å². The Labute approximate surface area is 236 Å². The molecule has 0 saturated carbocycles. The Bertz CT molecular complexity index is 1660.